The quantitative estimate of drug-likeness (QED) is 0.798. The molecule has 2 aliphatic rings. The number of hydrogen-bond donors (Lipinski definition) is 2. The number of halogens is 1. The largest absolute Gasteiger partial charge is 0.398 e. The molecular formula is C13H15ClN2O2. The van der Waals surface area contributed by atoms with Crippen molar-refractivity contribution in [3.8, 4) is 0 Å². The first kappa shape index (κ1) is 11.8. The molecular weight excluding hydrogens is 252 g/mol. The summed E-state index contributed by atoms with van der Waals surface area (Å²) in [7, 11) is 0. The molecule has 1 aromatic rings. The lowest BCUT2D eigenvalue weighted by Gasteiger charge is -2.47. The number of aliphatic hydroxyl groups is 1. The minimum Gasteiger partial charge on any atom is -0.398 e. The fourth-order valence-corrected chi connectivity index (χ4v) is 2.66. The molecule has 0 aromatic heterocycles. The van der Waals surface area contributed by atoms with Crippen LogP contribution >= 0.6 is 11.6 Å². The van der Waals surface area contributed by atoms with Gasteiger partial charge in [0.1, 0.15) is 5.60 Å². The van der Waals surface area contributed by atoms with E-state index in [0.29, 0.717) is 35.3 Å². The number of nitrogens with two attached hydrogens (primary N) is 1. The highest BCUT2D eigenvalue weighted by atomic mass is 35.5. The molecule has 1 aromatic carbocycles. The van der Waals surface area contributed by atoms with E-state index in [1.165, 1.54) is 0 Å². The van der Waals surface area contributed by atoms with E-state index in [9.17, 15) is 9.90 Å². The summed E-state index contributed by atoms with van der Waals surface area (Å²) in [4.78, 5) is 13.8. The van der Waals surface area contributed by atoms with E-state index in [1.807, 2.05) is 0 Å². The van der Waals surface area contributed by atoms with Gasteiger partial charge in [0.2, 0.25) is 0 Å². The van der Waals surface area contributed by atoms with Crippen molar-refractivity contribution in [2.45, 2.75) is 18.4 Å². The predicted octanol–water partition coefficient (Wildman–Crippen LogP) is 1.52. The molecule has 3 N–H and O–H groups in total. The molecule has 1 amide bonds. The molecule has 1 aliphatic carbocycles. The molecule has 0 bridgehead atoms. The van der Waals surface area contributed by atoms with Crippen molar-refractivity contribution >= 4 is 23.2 Å². The number of carbonyl (C=O) groups excluding carboxylic acids is 1. The lowest BCUT2D eigenvalue weighted by atomic mass is 9.88. The van der Waals surface area contributed by atoms with Crippen LogP contribution in [0.3, 0.4) is 0 Å². The topological polar surface area (TPSA) is 66.6 Å². The molecule has 0 spiro atoms. The smallest absolute Gasteiger partial charge is 0.254 e. The molecule has 3 rings (SSSR count). The molecule has 96 valence electrons. The monoisotopic (exact) mass is 266 g/mol. The maximum Gasteiger partial charge on any atom is 0.254 e. The first-order chi connectivity index (χ1) is 8.49. The van der Waals surface area contributed by atoms with Gasteiger partial charge in [0.25, 0.3) is 5.91 Å². The normalized spacial score (nSPS) is 21.6. The number of carbonyl (C=O) groups is 1. The Kier molecular flexibility index (Phi) is 2.54. The van der Waals surface area contributed by atoms with Crippen LogP contribution in [0, 0.1) is 5.92 Å². The summed E-state index contributed by atoms with van der Waals surface area (Å²) < 4.78 is 0. The molecule has 1 aliphatic heterocycles. The predicted molar refractivity (Wildman–Crippen MR) is 69.4 cm³/mol. The van der Waals surface area contributed by atoms with Gasteiger partial charge in [-0.05, 0) is 37.0 Å². The van der Waals surface area contributed by atoms with E-state index in [0.717, 1.165) is 12.8 Å². The van der Waals surface area contributed by atoms with Crippen LogP contribution in [0.15, 0.2) is 18.2 Å². The minimum atomic E-state index is -0.646. The van der Waals surface area contributed by atoms with Gasteiger partial charge in [0, 0.05) is 5.56 Å². The Balaban J connectivity index is 1.70. The van der Waals surface area contributed by atoms with E-state index >= 15 is 0 Å². The zero-order chi connectivity index (χ0) is 12.9. The van der Waals surface area contributed by atoms with Gasteiger partial charge in [-0.25, -0.2) is 0 Å². The van der Waals surface area contributed by atoms with Crippen LogP contribution in [-0.2, 0) is 0 Å². The standard InChI is InChI=1S/C13H15ClN2O2/c14-10-5-8(1-4-11(10)15)12(17)16-6-13(18,7-16)9-2-3-9/h1,4-5,9,18H,2-3,6-7,15H2. The fraction of sp³-hybridized carbons (Fsp3) is 0.462. The number of nitrogens with zero attached hydrogens (tertiary/aromatic N) is 1. The van der Waals surface area contributed by atoms with Crippen LogP contribution in [0.25, 0.3) is 0 Å². The van der Waals surface area contributed by atoms with E-state index in [1.54, 1.807) is 23.1 Å². The molecule has 1 heterocycles. The van der Waals surface area contributed by atoms with Crippen molar-refractivity contribution in [3.63, 3.8) is 0 Å². The maximum absolute atomic E-state index is 12.1. The summed E-state index contributed by atoms with van der Waals surface area (Å²) in [5.41, 5.74) is 5.94. The summed E-state index contributed by atoms with van der Waals surface area (Å²) in [5.74, 6) is 0.291. The van der Waals surface area contributed by atoms with Crippen molar-refractivity contribution in [3.05, 3.63) is 28.8 Å². The van der Waals surface area contributed by atoms with Crippen LogP contribution in [-0.4, -0.2) is 34.6 Å². The summed E-state index contributed by atoms with van der Waals surface area (Å²) in [6, 6.07) is 4.87. The first-order valence-corrected chi connectivity index (χ1v) is 6.44. The van der Waals surface area contributed by atoms with Gasteiger partial charge in [-0.3, -0.25) is 4.79 Å². The van der Waals surface area contributed by atoms with Crippen molar-refractivity contribution in [2.24, 2.45) is 5.92 Å². The Morgan fingerprint density at radius 2 is 2.11 bits per heavy atom. The van der Waals surface area contributed by atoms with Gasteiger partial charge in [0.15, 0.2) is 0 Å². The number of amides is 1. The van der Waals surface area contributed by atoms with Gasteiger partial charge >= 0.3 is 0 Å². The number of rotatable bonds is 2. The second-order valence-electron chi connectivity index (χ2n) is 5.28. The maximum atomic E-state index is 12.1. The molecule has 18 heavy (non-hydrogen) atoms. The van der Waals surface area contributed by atoms with Crippen molar-refractivity contribution in [2.75, 3.05) is 18.8 Å². The Bertz CT molecular complexity index is 508. The number of anilines is 1. The highest BCUT2D eigenvalue weighted by Gasteiger charge is 2.53. The average Bonchev–Trinajstić information content (AvgIpc) is 3.12. The van der Waals surface area contributed by atoms with Crippen LogP contribution in [0.5, 0.6) is 0 Å². The highest BCUT2D eigenvalue weighted by molar-refractivity contribution is 6.33. The highest BCUT2D eigenvalue weighted by Crippen LogP contribution is 2.44. The molecule has 1 saturated heterocycles. The van der Waals surface area contributed by atoms with Crippen LogP contribution in [0.2, 0.25) is 5.02 Å². The second kappa shape index (κ2) is 3.87. The SMILES string of the molecule is Nc1ccc(C(=O)N2CC(O)(C3CC3)C2)cc1Cl. The van der Waals surface area contributed by atoms with Gasteiger partial charge in [-0.2, -0.15) is 0 Å². The molecule has 5 heteroatoms. The van der Waals surface area contributed by atoms with Gasteiger partial charge in [-0.1, -0.05) is 11.6 Å². The third kappa shape index (κ3) is 1.85. The van der Waals surface area contributed by atoms with E-state index in [-0.39, 0.29) is 5.91 Å². The number of likely N-dealkylation sites (tertiary alicyclic amines) is 1. The van der Waals surface area contributed by atoms with Crippen molar-refractivity contribution < 1.29 is 9.90 Å². The second-order valence-corrected chi connectivity index (χ2v) is 5.68. The van der Waals surface area contributed by atoms with Crippen LogP contribution in [0.4, 0.5) is 5.69 Å². The minimum absolute atomic E-state index is 0.0952. The van der Waals surface area contributed by atoms with Crippen molar-refractivity contribution in [1.82, 2.24) is 4.90 Å². The fourth-order valence-electron chi connectivity index (χ4n) is 2.48. The zero-order valence-electron chi connectivity index (χ0n) is 9.90. The molecule has 0 unspecified atom stereocenters. The molecule has 4 nitrogen and oxygen atoms in total. The summed E-state index contributed by atoms with van der Waals surface area (Å²) >= 11 is 5.90. The van der Waals surface area contributed by atoms with E-state index in [2.05, 4.69) is 0 Å². The molecule has 1 saturated carbocycles. The van der Waals surface area contributed by atoms with Crippen LogP contribution < -0.4 is 5.73 Å². The van der Waals surface area contributed by atoms with Crippen LogP contribution in [0.1, 0.15) is 23.2 Å². The summed E-state index contributed by atoms with van der Waals surface area (Å²) in [6.45, 7) is 0.858. The number of nitrogen functional groups attached to an aromatic ring is 1. The van der Waals surface area contributed by atoms with E-state index < -0.39 is 5.60 Å². The molecule has 0 radical (unpaired) electrons. The average molecular weight is 267 g/mol. The third-order valence-electron chi connectivity index (χ3n) is 3.80. The number of benzene rings is 1. The Labute approximate surface area is 110 Å². The summed E-state index contributed by atoms with van der Waals surface area (Å²) in [5, 5.41) is 10.6. The molecule has 2 fully saturated rings. The zero-order valence-corrected chi connectivity index (χ0v) is 10.7. The van der Waals surface area contributed by atoms with Gasteiger partial charge in [-0.15, -0.1) is 0 Å². The Hall–Kier alpha value is -1.26. The lowest BCUT2D eigenvalue weighted by Crippen LogP contribution is -2.64. The summed E-state index contributed by atoms with van der Waals surface area (Å²) in [6.07, 6.45) is 2.15. The van der Waals surface area contributed by atoms with Gasteiger partial charge < -0.3 is 15.7 Å². The lowest BCUT2D eigenvalue weighted by molar-refractivity contribution is -0.0958. The first-order valence-electron chi connectivity index (χ1n) is 6.06. The Morgan fingerprint density at radius 1 is 1.44 bits per heavy atom. The van der Waals surface area contributed by atoms with Crippen molar-refractivity contribution in [1.29, 1.82) is 0 Å². The van der Waals surface area contributed by atoms with Gasteiger partial charge in [0.05, 0.1) is 23.8 Å². The Morgan fingerprint density at radius 3 is 2.67 bits per heavy atom. The number of hydrogen-bond acceptors (Lipinski definition) is 3. The number of β-amino-alcohol motifs (C(OH)–C–C–N with tert-alkyl or cyclic N) is 1. The molecule has 0 atom stereocenters. The van der Waals surface area contributed by atoms with E-state index in [4.69, 9.17) is 17.3 Å². The third-order valence-corrected chi connectivity index (χ3v) is 4.13.